The van der Waals surface area contributed by atoms with E-state index in [1.165, 1.54) is 6.07 Å². The molecule has 1 aromatic rings. The first-order valence-electron chi connectivity index (χ1n) is 7.26. The van der Waals surface area contributed by atoms with Gasteiger partial charge in [-0.1, -0.05) is 6.07 Å². The molecule has 0 aliphatic carbocycles. The minimum atomic E-state index is -4.43. The predicted octanol–water partition coefficient (Wildman–Crippen LogP) is 4.13. The van der Waals surface area contributed by atoms with Crippen LogP contribution in [0.15, 0.2) is 18.2 Å². The highest BCUT2D eigenvalue weighted by molar-refractivity contribution is 5.74. The molecule has 6 heteroatoms. The van der Waals surface area contributed by atoms with E-state index in [0.717, 1.165) is 6.07 Å². The fourth-order valence-corrected chi connectivity index (χ4v) is 3.13. The van der Waals surface area contributed by atoms with Crippen molar-refractivity contribution in [1.82, 2.24) is 0 Å². The van der Waals surface area contributed by atoms with E-state index in [0.29, 0.717) is 18.8 Å². The molecule has 22 heavy (non-hydrogen) atoms. The summed E-state index contributed by atoms with van der Waals surface area (Å²) >= 11 is 0. The maximum absolute atomic E-state index is 13.3. The topological polar surface area (TPSA) is 40.5 Å². The van der Waals surface area contributed by atoms with Crippen LogP contribution in [0, 0.1) is 5.41 Å². The summed E-state index contributed by atoms with van der Waals surface area (Å²) in [5.41, 5.74) is -0.897. The second-order valence-electron chi connectivity index (χ2n) is 6.36. The van der Waals surface area contributed by atoms with Gasteiger partial charge in [0.05, 0.1) is 11.0 Å². The van der Waals surface area contributed by atoms with Crippen molar-refractivity contribution in [3.63, 3.8) is 0 Å². The number of carbonyl (C=O) groups is 1. The summed E-state index contributed by atoms with van der Waals surface area (Å²) < 4.78 is 39.9. The first-order valence-corrected chi connectivity index (χ1v) is 7.26. The normalized spacial score (nSPS) is 18.5. The van der Waals surface area contributed by atoms with Gasteiger partial charge in [-0.25, -0.2) is 0 Å². The number of hydrogen-bond acceptors (Lipinski definition) is 2. The third-order valence-electron chi connectivity index (χ3n) is 4.30. The summed E-state index contributed by atoms with van der Waals surface area (Å²) in [5.74, 6) is -1.42. The quantitative estimate of drug-likeness (QED) is 0.908. The molecule has 0 amide bonds. The van der Waals surface area contributed by atoms with Crippen LogP contribution in [-0.4, -0.2) is 24.2 Å². The molecule has 1 aliphatic rings. The highest BCUT2D eigenvalue weighted by Crippen LogP contribution is 2.47. The number of alkyl halides is 3. The third kappa shape index (κ3) is 2.91. The number of hydrogen-bond donors (Lipinski definition) is 1. The summed E-state index contributed by atoms with van der Waals surface area (Å²) in [6.07, 6.45) is -4.25. The zero-order chi connectivity index (χ0) is 16.7. The van der Waals surface area contributed by atoms with Crippen LogP contribution in [0.25, 0.3) is 0 Å². The molecule has 3 nitrogen and oxygen atoms in total. The lowest BCUT2D eigenvalue weighted by Crippen LogP contribution is -2.29. The molecule has 0 saturated carbocycles. The van der Waals surface area contributed by atoms with E-state index in [1.807, 2.05) is 11.8 Å². The molecule has 1 aliphatic heterocycles. The number of likely N-dealkylation sites (N-methyl/N-ethyl adjacent to an activating group) is 1. The van der Waals surface area contributed by atoms with Crippen molar-refractivity contribution in [2.45, 2.75) is 39.3 Å². The van der Waals surface area contributed by atoms with Crippen molar-refractivity contribution in [1.29, 1.82) is 0 Å². The molecular formula is C16H20F3NO2. The van der Waals surface area contributed by atoms with Crippen LogP contribution in [0.4, 0.5) is 18.9 Å². The summed E-state index contributed by atoms with van der Waals surface area (Å²) in [5, 5.41) is 9.27. The minimum absolute atomic E-state index is 0.179. The standard InChI is InChI=1S/C16H20F3NO2/c1-4-20-9-10(8-15(2,3)14(21)22)13-11(16(17,18)19)6-5-7-12(13)20/h5-7,10H,4,8-9H2,1-3H3,(H,21,22). The number of carboxylic acids is 1. The summed E-state index contributed by atoms with van der Waals surface area (Å²) in [6, 6.07) is 4.18. The van der Waals surface area contributed by atoms with Crippen molar-refractivity contribution in [3.05, 3.63) is 29.3 Å². The van der Waals surface area contributed by atoms with Gasteiger partial charge < -0.3 is 10.0 Å². The van der Waals surface area contributed by atoms with Crippen molar-refractivity contribution in [2.75, 3.05) is 18.0 Å². The smallest absolute Gasteiger partial charge is 0.416 e. The number of nitrogens with zero attached hydrogens (tertiary/aromatic N) is 1. The second kappa shape index (κ2) is 5.48. The van der Waals surface area contributed by atoms with E-state index >= 15 is 0 Å². The van der Waals surface area contributed by atoms with E-state index in [4.69, 9.17) is 0 Å². The monoisotopic (exact) mass is 315 g/mol. The van der Waals surface area contributed by atoms with E-state index in [2.05, 4.69) is 0 Å². The van der Waals surface area contributed by atoms with Gasteiger partial charge >= 0.3 is 12.1 Å². The molecule has 0 spiro atoms. The highest BCUT2D eigenvalue weighted by Gasteiger charge is 2.43. The molecule has 1 N–H and O–H groups in total. The van der Waals surface area contributed by atoms with Crippen molar-refractivity contribution >= 4 is 11.7 Å². The number of carboxylic acid groups (broad SMARTS) is 1. The van der Waals surface area contributed by atoms with Crippen molar-refractivity contribution in [3.8, 4) is 0 Å². The molecule has 0 radical (unpaired) electrons. The van der Waals surface area contributed by atoms with Gasteiger partial charge in [-0.2, -0.15) is 13.2 Å². The Balaban J connectivity index is 2.49. The lowest BCUT2D eigenvalue weighted by molar-refractivity contribution is -0.147. The first kappa shape index (κ1) is 16.6. The van der Waals surface area contributed by atoms with Crippen LogP contribution in [0.2, 0.25) is 0 Å². The van der Waals surface area contributed by atoms with E-state index < -0.39 is 29.0 Å². The summed E-state index contributed by atoms with van der Waals surface area (Å²) in [4.78, 5) is 13.2. The van der Waals surface area contributed by atoms with Gasteiger partial charge in [-0.05, 0) is 44.9 Å². The van der Waals surface area contributed by atoms with E-state index in [-0.39, 0.29) is 12.0 Å². The van der Waals surface area contributed by atoms with Crippen LogP contribution in [0.1, 0.15) is 44.2 Å². The van der Waals surface area contributed by atoms with Crippen LogP contribution in [0.5, 0.6) is 0 Å². The molecule has 0 saturated heterocycles. The highest BCUT2D eigenvalue weighted by atomic mass is 19.4. The molecule has 1 aromatic carbocycles. The maximum atomic E-state index is 13.3. The molecule has 122 valence electrons. The van der Waals surface area contributed by atoms with Gasteiger partial charge in [0, 0.05) is 24.7 Å². The molecule has 1 unspecified atom stereocenters. The van der Waals surface area contributed by atoms with Crippen LogP contribution in [0.3, 0.4) is 0 Å². The van der Waals surface area contributed by atoms with Crippen molar-refractivity contribution < 1.29 is 23.1 Å². The van der Waals surface area contributed by atoms with Gasteiger partial charge in [0.1, 0.15) is 0 Å². The second-order valence-corrected chi connectivity index (χ2v) is 6.36. The molecule has 1 atom stereocenters. The Bertz CT molecular complexity index is 581. The third-order valence-corrected chi connectivity index (χ3v) is 4.30. The average Bonchev–Trinajstić information content (AvgIpc) is 2.75. The minimum Gasteiger partial charge on any atom is -0.481 e. The van der Waals surface area contributed by atoms with Gasteiger partial charge in [0.25, 0.3) is 0 Å². The van der Waals surface area contributed by atoms with Gasteiger partial charge in [0.15, 0.2) is 0 Å². The van der Waals surface area contributed by atoms with Crippen LogP contribution in [-0.2, 0) is 11.0 Å². The average molecular weight is 315 g/mol. The number of halogens is 3. The zero-order valence-electron chi connectivity index (χ0n) is 12.9. The fraction of sp³-hybridized carbons (Fsp3) is 0.562. The predicted molar refractivity (Wildman–Crippen MR) is 78.1 cm³/mol. The Hall–Kier alpha value is -1.72. The van der Waals surface area contributed by atoms with E-state index in [9.17, 15) is 23.1 Å². The molecule has 0 fully saturated rings. The SMILES string of the molecule is CCN1CC(CC(C)(C)C(=O)O)c2c1cccc2C(F)(F)F. The molecule has 0 aromatic heterocycles. The van der Waals surface area contributed by atoms with Gasteiger partial charge in [-0.3, -0.25) is 4.79 Å². The Labute approximate surface area is 127 Å². The number of fused-ring (bicyclic) bond motifs is 1. The Kier molecular flexibility index (Phi) is 4.15. The lowest BCUT2D eigenvalue weighted by atomic mass is 9.79. The molecular weight excluding hydrogens is 295 g/mol. The van der Waals surface area contributed by atoms with E-state index in [1.54, 1.807) is 19.9 Å². The Morgan fingerprint density at radius 2 is 2.00 bits per heavy atom. The van der Waals surface area contributed by atoms with Crippen LogP contribution >= 0.6 is 0 Å². The maximum Gasteiger partial charge on any atom is 0.416 e. The summed E-state index contributed by atoms with van der Waals surface area (Å²) in [7, 11) is 0. The van der Waals surface area contributed by atoms with Gasteiger partial charge in [0.2, 0.25) is 0 Å². The number of rotatable bonds is 4. The first-order chi connectivity index (χ1) is 10.1. The fourth-order valence-electron chi connectivity index (χ4n) is 3.13. The zero-order valence-corrected chi connectivity index (χ0v) is 12.9. The summed E-state index contributed by atoms with van der Waals surface area (Å²) in [6.45, 7) is 6.02. The Morgan fingerprint density at radius 1 is 1.36 bits per heavy atom. The number of aliphatic carboxylic acids is 1. The molecule has 0 bridgehead atoms. The Morgan fingerprint density at radius 3 is 2.50 bits per heavy atom. The van der Waals surface area contributed by atoms with Crippen molar-refractivity contribution in [2.24, 2.45) is 5.41 Å². The van der Waals surface area contributed by atoms with Gasteiger partial charge in [-0.15, -0.1) is 0 Å². The molecule has 2 rings (SSSR count). The largest absolute Gasteiger partial charge is 0.481 e. The number of benzene rings is 1. The number of anilines is 1. The molecule has 1 heterocycles. The lowest BCUT2D eigenvalue weighted by Gasteiger charge is -2.25. The van der Waals surface area contributed by atoms with Crippen LogP contribution < -0.4 is 4.90 Å².